The lowest BCUT2D eigenvalue weighted by Gasteiger charge is -2.10. The molecule has 1 aromatic carbocycles. The molecule has 0 amide bonds. The third kappa shape index (κ3) is 3.14. The van der Waals surface area contributed by atoms with Crippen LogP contribution in [0.25, 0.3) is 0 Å². The molecule has 20 heavy (non-hydrogen) atoms. The Morgan fingerprint density at radius 3 is 2.75 bits per heavy atom. The summed E-state index contributed by atoms with van der Waals surface area (Å²) in [5, 5.41) is 3.48. The van der Waals surface area contributed by atoms with Crippen LogP contribution in [0.2, 0.25) is 0 Å². The molecule has 1 aliphatic rings. The molecule has 0 unspecified atom stereocenters. The summed E-state index contributed by atoms with van der Waals surface area (Å²) >= 11 is 0. The number of hydrogen-bond donors (Lipinski definition) is 1. The van der Waals surface area contributed by atoms with Crippen molar-refractivity contribution >= 4 is 0 Å². The van der Waals surface area contributed by atoms with Gasteiger partial charge in [-0.3, -0.25) is 0 Å². The fourth-order valence-electron chi connectivity index (χ4n) is 2.07. The molecule has 0 aliphatic heterocycles. The van der Waals surface area contributed by atoms with Crippen LogP contribution in [0.4, 0.5) is 0 Å². The molecule has 4 nitrogen and oxygen atoms in total. The molecular weight excluding hydrogens is 254 g/mol. The summed E-state index contributed by atoms with van der Waals surface area (Å²) in [6, 6.07) is 10.3. The number of furan rings is 1. The molecule has 3 rings (SSSR count). The van der Waals surface area contributed by atoms with E-state index in [4.69, 9.17) is 13.9 Å². The summed E-state index contributed by atoms with van der Waals surface area (Å²) in [7, 11) is 1.64. The first-order valence-electron chi connectivity index (χ1n) is 6.91. The number of nitrogens with one attached hydrogen (secondary N) is 1. The molecule has 0 bridgehead atoms. The first-order chi connectivity index (χ1) is 9.86. The van der Waals surface area contributed by atoms with Gasteiger partial charge in [-0.25, -0.2) is 0 Å². The standard InChI is InChI=1S/C16H19NO3/c1-18-14-4-2-3-5-15(14)20-11-16-12(8-9-19-16)10-17-13-6-7-13/h2-5,8-9,13,17H,6-7,10-11H2,1H3. The maximum Gasteiger partial charge on any atom is 0.161 e. The molecule has 0 radical (unpaired) electrons. The maximum atomic E-state index is 5.79. The lowest BCUT2D eigenvalue weighted by molar-refractivity contribution is 0.254. The number of rotatable bonds is 7. The van der Waals surface area contributed by atoms with E-state index in [0.29, 0.717) is 12.6 Å². The molecule has 1 aromatic heterocycles. The number of ether oxygens (including phenoxy) is 2. The van der Waals surface area contributed by atoms with E-state index in [1.165, 1.54) is 12.8 Å². The van der Waals surface area contributed by atoms with Crippen LogP contribution in [-0.4, -0.2) is 13.2 Å². The van der Waals surface area contributed by atoms with E-state index < -0.39 is 0 Å². The van der Waals surface area contributed by atoms with Crippen molar-refractivity contribution in [1.29, 1.82) is 0 Å². The Bertz CT molecular complexity index is 560. The summed E-state index contributed by atoms with van der Waals surface area (Å²) < 4.78 is 16.6. The fourth-order valence-corrected chi connectivity index (χ4v) is 2.07. The molecule has 0 atom stereocenters. The topological polar surface area (TPSA) is 43.6 Å². The molecule has 1 heterocycles. The second-order valence-corrected chi connectivity index (χ2v) is 4.96. The van der Waals surface area contributed by atoms with E-state index in [-0.39, 0.29) is 0 Å². The second kappa shape index (κ2) is 6.01. The van der Waals surface area contributed by atoms with E-state index in [2.05, 4.69) is 5.32 Å². The summed E-state index contributed by atoms with van der Waals surface area (Å²) in [6.45, 7) is 1.25. The van der Waals surface area contributed by atoms with E-state index in [1.54, 1.807) is 13.4 Å². The predicted octanol–water partition coefficient (Wildman–Crippen LogP) is 3.12. The van der Waals surface area contributed by atoms with E-state index in [9.17, 15) is 0 Å². The van der Waals surface area contributed by atoms with Crippen LogP contribution in [0.3, 0.4) is 0 Å². The van der Waals surface area contributed by atoms with Gasteiger partial charge in [-0.15, -0.1) is 0 Å². The molecule has 1 aliphatic carbocycles. The molecule has 2 aromatic rings. The molecule has 1 fully saturated rings. The molecular formula is C16H19NO3. The van der Waals surface area contributed by atoms with Crippen LogP contribution in [0.15, 0.2) is 41.0 Å². The average Bonchev–Trinajstić information content (AvgIpc) is 3.21. The van der Waals surface area contributed by atoms with Gasteiger partial charge in [0.25, 0.3) is 0 Å². The lowest BCUT2D eigenvalue weighted by Crippen LogP contribution is -2.16. The van der Waals surface area contributed by atoms with Crippen molar-refractivity contribution in [3.8, 4) is 11.5 Å². The fraction of sp³-hybridized carbons (Fsp3) is 0.375. The van der Waals surface area contributed by atoms with Crippen molar-refractivity contribution in [2.75, 3.05) is 7.11 Å². The van der Waals surface area contributed by atoms with Crippen LogP contribution < -0.4 is 14.8 Å². The van der Waals surface area contributed by atoms with Crippen molar-refractivity contribution in [2.45, 2.75) is 32.0 Å². The molecule has 106 valence electrons. The van der Waals surface area contributed by atoms with Gasteiger partial charge in [-0.1, -0.05) is 12.1 Å². The van der Waals surface area contributed by atoms with Crippen LogP contribution >= 0.6 is 0 Å². The van der Waals surface area contributed by atoms with Gasteiger partial charge in [0.1, 0.15) is 12.4 Å². The largest absolute Gasteiger partial charge is 0.493 e. The minimum atomic E-state index is 0.412. The molecule has 1 saturated carbocycles. The number of benzene rings is 1. The summed E-state index contributed by atoms with van der Waals surface area (Å²) in [6.07, 6.45) is 4.28. The quantitative estimate of drug-likeness (QED) is 0.841. The highest BCUT2D eigenvalue weighted by Crippen LogP contribution is 2.27. The highest BCUT2D eigenvalue weighted by Gasteiger charge is 2.21. The summed E-state index contributed by atoms with van der Waals surface area (Å²) in [4.78, 5) is 0. The van der Waals surface area contributed by atoms with Gasteiger partial charge < -0.3 is 19.2 Å². The molecule has 1 N–H and O–H groups in total. The summed E-state index contributed by atoms with van der Waals surface area (Å²) in [5.74, 6) is 2.33. The average molecular weight is 273 g/mol. The Kier molecular flexibility index (Phi) is 3.92. The van der Waals surface area contributed by atoms with E-state index >= 15 is 0 Å². The van der Waals surface area contributed by atoms with E-state index in [1.807, 2.05) is 30.3 Å². The minimum Gasteiger partial charge on any atom is -0.493 e. The van der Waals surface area contributed by atoms with Gasteiger partial charge in [-0.05, 0) is 31.0 Å². The zero-order chi connectivity index (χ0) is 13.8. The Morgan fingerprint density at radius 1 is 1.20 bits per heavy atom. The van der Waals surface area contributed by atoms with Crippen LogP contribution in [-0.2, 0) is 13.2 Å². The Labute approximate surface area is 118 Å². The Hall–Kier alpha value is -1.94. The highest BCUT2D eigenvalue weighted by molar-refractivity contribution is 5.39. The van der Waals surface area contributed by atoms with Gasteiger partial charge in [0.15, 0.2) is 11.5 Å². The van der Waals surface area contributed by atoms with Crippen molar-refractivity contribution < 1.29 is 13.9 Å². The van der Waals surface area contributed by atoms with Gasteiger partial charge in [0.2, 0.25) is 0 Å². The van der Waals surface area contributed by atoms with Crippen molar-refractivity contribution in [3.63, 3.8) is 0 Å². The van der Waals surface area contributed by atoms with Gasteiger partial charge in [0.05, 0.1) is 13.4 Å². The maximum absolute atomic E-state index is 5.79. The smallest absolute Gasteiger partial charge is 0.161 e. The van der Waals surface area contributed by atoms with Gasteiger partial charge >= 0.3 is 0 Å². The van der Waals surface area contributed by atoms with E-state index in [0.717, 1.165) is 29.4 Å². The number of para-hydroxylation sites is 2. The van der Waals surface area contributed by atoms with Gasteiger partial charge in [-0.2, -0.15) is 0 Å². The second-order valence-electron chi connectivity index (χ2n) is 4.96. The Morgan fingerprint density at radius 2 is 2.00 bits per heavy atom. The highest BCUT2D eigenvalue weighted by atomic mass is 16.5. The van der Waals surface area contributed by atoms with Crippen LogP contribution in [0.5, 0.6) is 11.5 Å². The zero-order valence-corrected chi connectivity index (χ0v) is 11.6. The Balaban J connectivity index is 1.61. The SMILES string of the molecule is COc1ccccc1OCc1occc1CNC1CC1. The first-order valence-corrected chi connectivity index (χ1v) is 6.91. The third-order valence-corrected chi connectivity index (χ3v) is 3.42. The number of methoxy groups -OCH3 is 1. The number of hydrogen-bond acceptors (Lipinski definition) is 4. The summed E-state index contributed by atoms with van der Waals surface area (Å²) in [5.41, 5.74) is 1.16. The van der Waals surface area contributed by atoms with Crippen molar-refractivity contribution in [3.05, 3.63) is 47.9 Å². The third-order valence-electron chi connectivity index (χ3n) is 3.42. The first kappa shape index (κ1) is 13.1. The predicted molar refractivity (Wildman–Crippen MR) is 75.9 cm³/mol. The monoisotopic (exact) mass is 273 g/mol. The molecule has 4 heteroatoms. The molecule has 0 spiro atoms. The zero-order valence-electron chi connectivity index (χ0n) is 11.6. The van der Waals surface area contributed by atoms with Crippen LogP contribution in [0.1, 0.15) is 24.2 Å². The van der Waals surface area contributed by atoms with Crippen LogP contribution in [0, 0.1) is 0 Å². The minimum absolute atomic E-state index is 0.412. The van der Waals surface area contributed by atoms with Gasteiger partial charge in [0, 0.05) is 18.2 Å². The van der Waals surface area contributed by atoms with Crippen molar-refractivity contribution in [1.82, 2.24) is 5.32 Å². The normalized spacial score (nSPS) is 14.2. The van der Waals surface area contributed by atoms with Crippen molar-refractivity contribution in [2.24, 2.45) is 0 Å². The molecule has 0 saturated heterocycles. The lowest BCUT2D eigenvalue weighted by atomic mass is 10.2.